The second-order valence-corrected chi connectivity index (χ2v) is 7.35. The molecule has 3 aromatic carbocycles. The zero-order valence-corrected chi connectivity index (χ0v) is 17.9. The number of rotatable bonds is 6. The highest BCUT2D eigenvalue weighted by Crippen LogP contribution is 2.47. The van der Waals surface area contributed by atoms with Crippen LogP contribution in [0.3, 0.4) is 0 Å². The number of methoxy groups -OCH3 is 3. The minimum absolute atomic E-state index is 0.203. The van der Waals surface area contributed by atoms with Gasteiger partial charge in [-0.05, 0) is 29.3 Å². The fraction of sp³-hybridized carbons (Fsp3) is 0.231. The fourth-order valence-electron chi connectivity index (χ4n) is 3.92. The highest BCUT2D eigenvalue weighted by atomic mass is 16.5. The highest BCUT2D eigenvalue weighted by Gasteiger charge is 2.35. The van der Waals surface area contributed by atoms with Crippen LogP contribution in [0.4, 0.5) is 0 Å². The van der Waals surface area contributed by atoms with Crippen molar-refractivity contribution in [3.63, 3.8) is 0 Å². The summed E-state index contributed by atoms with van der Waals surface area (Å²) in [6.45, 7) is 0. The van der Waals surface area contributed by atoms with Gasteiger partial charge in [0.2, 0.25) is 0 Å². The summed E-state index contributed by atoms with van der Waals surface area (Å²) in [7, 11) is 4.96. The molecule has 0 amide bonds. The molecule has 0 bridgehead atoms. The fourth-order valence-corrected chi connectivity index (χ4v) is 3.92. The van der Waals surface area contributed by atoms with Crippen LogP contribution in [0.2, 0.25) is 0 Å². The lowest BCUT2D eigenvalue weighted by Crippen LogP contribution is -2.32. The molecule has 0 saturated carbocycles. The second kappa shape index (κ2) is 9.14. The minimum atomic E-state index is -0.334. The number of hydrogen-bond donors (Lipinski definition) is 1. The van der Waals surface area contributed by atoms with Gasteiger partial charge in [0.05, 0.1) is 19.8 Å². The molecule has 1 aliphatic rings. The van der Waals surface area contributed by atoms with Crippen molar-refractivity contribution in [2.24, 2.45) is 0 Å². The van der Waals surface area contributed by atoms with Crippen molar-refractivity contribution in [3.05, 3.63) is 82.9 Å². The quantitative estimate of drug-likeness (QED) is 0.553. The lowest BCUT2D eigenvalue weighted by Gasteiger charge is -2.35. The predicted molar refractivity (Wildman–Crippen MR) is 121 cm³/mol. The van der Waals surface area contributed by atoms with Crippen molar-refractivity contribution in [1.82, 2.24) is 0 Å². The molecule has 3 aromatic rings. The van der Waals surface area contributed by atoms with E-state index in [1.807, 2.05) is 60.7 Å². The molecule has 0 saturated heterocycles. The number of phenols is 1. The van der Waals surface area contributed by atoms with E-state index < -0.39 is 0 Å². The molecule has 0 radical (unpaired) electrons. The SMILES string of the molecule is COc1cc(OC)c2c(c1/C=C/c1ccccc1)OC(c1ccc(O)cc1)C(OC)C2. The van der Waals surface area contributed by atoms with Crippen LogP contribution in [0.5, 0.6) is 23.0 Å². The molecule has 1 aliphatic heterocycles. The van der Waals surface area contributed by atoms with Crippen molar-refractivity contribution in [3.8, 4) is 23.0 Å². The third kappa shape index (κ3) is 4.23. The predicted octanol–water partition coefficient (Wildman–Crippen LogP) is 5.27. The average Bonchev–Trinajstić information content (AvgIpc) is 2.82. The largest absolute Gasteiger partial charge is 0.508 e. The standard InChI is InChI=1S/C26H26O5/c1-28-22-16-23(29-2)21-15-24(30-3)25(18-10-12-19(27)13-11-18)31-26(21)20(22)14-9-17-7-5-4-6-8-17/h4-14,16,24-25,27H,15H2,1-3H3/b14-9+. The molecule has 4 rings (SSSR count). The molecule has 0 spiro atoms. The molecule has 0 aromatic heterocycles. The van der Waals surface area contributed by atoms with Gasteiger partial charge in [-0.25, -0.2) is 0 Å². The summed E-state index contributed by atoms with van der Waals surface area (Å²) in [5, 5.41) is 9.68. The summed E-state index contributed by atoms with van der Waals surface area (Å²) in [4.78, 5) is 0. The van der Waals surface area contributed by atoms with Crippen LogP contribution in [-0.4, -0.2) is 32.5 Å². The smallest absolute Gasteiger partial charge is 0.150 e. The van der Waals surface area contributed by atoms with Crippen molar-refractivity contribution in [2.75, 3.05) is 21.3 Å². The van der Waals surface area contributed by atoms with Crippen LogP contribution < -0.4 is 14.2 Å². The van der Waals surface area contributed by atoms with Gasteiger partial charge in [-0.3, -0.25) is 0 Å². The number of ether oxygens (including phenoxy) is 4. The van der Waals surface area contributed by atoms with Crippen molar-refractivity contribution in [1.29, 1.82) is 0 Å². The van der Waals surface area contributed by atoms with Crippen LogP contribution in [0.15, 0.2) is 60.7 Å². The summed E-state index contributed by atoms with van der Waals surface area (Å²) in [5.41, 5.74) is 3.79. The summed E-state index contributed by atoms with van der Waals surface area (Å²) in [6, 6.07) is 19.0. The van der Waals surface area contributed by atoms with E-state index in [0.717, 1.165) is 28.0 Å². The molecule has 0 fully saturated rings. The first kappa shape index (κ1) is 20.8. The number of aromatic hydroxyl groups is 1. The first-order chi connectivity index (χ1) is 15.1. The first-order valence-corrected chi connectivity index (χ1v) is 10.1. The van der Waals surface area contributed by atoms with Gasteiger partial charge in [-0.1, -0.05) is 48.5 Å². The van der Waals surface area contributed by atoms with Gasteiger partial charge < -0.3 is 24.1 Å². The van der Waals surface area contributed by atoms with Crippen LogP contribution in [0, 0.1) is 0 Å². The Hall–Kier alpha value is -3.44. The van der Waals surface area contributed by atoms with Crippen LogP contribution in [-0.2, 0) is 11.2 Å². The molecule has 1 heterocycles. The van der Waals surface area contributed by atoms with E-state index in [0.29, 0.717) is 17.9 Å². The van der Waals surface area contributed by atoms with Gasteiger partial charge in [-0.2, -0.15) is 0 Å². The zero-order valence-electron chi connectivity index (χ0n) is 17.9. The Balaban J connectivity index is 1.82. The van der Waals surface area contributed by atoms with E-state index in [4.69, 9.17) is 18.9 Å². The first-order valence-electron chi connectivity index (χ1n) is 10.1. The lowest BCUT2D eigenvalue weighted by molar-refractivity contribution is -0.0122. The lowest BCUT2D eigenvalue weighted by atomic mass is 9.91. The Kier molecular flexibility index (Phi) is 6.14. The van der Waals surface area contributed by atoms with E-state index >= 15 is 0 Å². The van der Waals surface area contributed by atoms with Gasteiger partial charge in [0.25, 0.3) is 0 Å². The van der Waals surface area contributed by atoms with E-state index in [2.05, 4.69) is 0 Å². The van der Waals surface area contributed by atoms with Gasteiger partial charge >= 0.3 is 0 Å². The molecular formula is C26H26O5. The average molecular weight is 418 g/mol. The molecule has 0 aliphatic carbocycles. The second-order valence-electron chi connectivity index (χ2n) is 7.35. The minimum Gasteiger partial charge on any atom is -0.508 e. The van der Waals surface area contributed by atoms with Gasteiger partial charge in [0.1, 0.15) is 29.1 Å². The van der Waals surface area contributed by atoms with E-state index in [1.165, 1.54) is 0 Å². The maximum Gasteiger partial charge on any atom is 0.150 e. The number of phenolic OH excluding ortho intramolecular Hbond substituents is 1. The van der Waals surface area contributed by atoms with Crippen LogP contribution >= 0.6 is 0 Å². The van der Waals surface area contributed by atoms with E-state index in [9.17, 15) is 5.11 Å². The van der Waals surface area contributed by atoms with Gasteiger partial charge in [0.15, 0.2) is 6.10 Å². The van der Waals surface area contributed by atoms with E-state index in [1.54, 1.807) is 33.5 Å². The molecular weight excluding hydrogens is 392 g/mol. The molecule has 160 valence electrons. The zero-order chi connectivity index (χ0) is 21.8. The Bertz CT molecular complexity index is 1060. The number of benzene rings is 3. The van der Waals surface area contributed by atoms with Crippen molar-refractivity contribution in [2.45, 2.75) is 18.6 Å². The van der Waals surface area contributed by atoms with Crippen molar-refractivity contribution < 1.29 is 24.1 Å². The molecule has 31 heavy (non-hydrogen) atoms. The Morgan fingerprint density at radius 1 is 0.903 bits per heavy atom. The van der Waals surface area contributed by atoms with Crippen molar-refractivity contribution >= 4 is 12.2 Å². The normalized spacial score (nSPS) is 17.8. The van der Waals surface area contributed by atoms with E-state index in [-0.39, 0.29) is 18.0 Å². The van der Waals surface area contributed by atoms with Crippen LogP contribution in [0.25, 0.3) is 12.2 Å². The van der Waals surface area contributed by atoms with Crippen LogP contribution in [0.1, 0.15) is 28.4 Å². The highest BCUT2D eigenvalue weighted by molar-refractivity contribution is 5.78. The molecule has 2 atom stereocenters. The number of hydrogen-bond acceptors (Lipinski definition) is 5. The molecule has 5 nitrogen and oxygen atoms in total. The molecule has 2 unspecified atom stereocenters. The third-order valence-corrected chi connectivity index (χ3v) is 5.54. The third-order valence-electron chi connectivity index (χ3n) is 5.54. The Morgan fingerprint density at radius 2 is 1.61 bits per heavy atom. The Labute approximate surface area is 182 Å². The molecule has 5 heteroatoms. The van der Waals surface area contributed by atoms with Gasteiger partial charge in [0, 0.05) is 25.2 Å². The number of fused-ring (bicyclic) bond motifs is 1. The Morgan fingerprint density at radius 3 is 2.26 bits per heavy atom. The summed E-state index contributed by atoms with van der Waals surface area (Å²) >= 11 is 0. The molecule has 1 N–H and O–H groups in total. The maximum atomic E-state index is 9.68. The van der Waals surface area contributed by atoms with Gasteiger partial charge in [-0.15, -0.1) is 0 Å². The summed E-state index contributed by atoms with van der Waals surface area (Å²) < 4.78 is 23.7. The monoisotopic (exact) mass is 418 g/mol. The summed E-state index contributed by atoms with van der Waals surface area (Å²) in [5.74, 6) is 2.30. The maximum absolute atomic E-state index is 9.68. The topological polar surface area (TPSA) is 57.2 Å². The summed E-state index contributed by atoms with van der Waals surface area (Å²) in [6.07, 6.45) is 4.12.